The van der Waals surface area contributed by atoms with Crippen molar-refractivity contribution in [3.8, 4) is 0 Å². The minimum atomic E-state index is -0.438. The maximum absolute atomic E-state index is 11.5. The van der Waals surface area contributed by atoms with Crippen LogP contribution in [0.2, 0.25) is 0 Å². The molecule has 1 rings (SSSR count). The molecule has 6 heteroatoms. The van der Waals surface area contributed by atoms with Crippen molar-refractivity contribution in [2.45, 2.75) is 32.7 Å². The molecule has 0 aliphatic heterocycles. The lowest BCUT2D eigenvalue weighted by Crippen LogP contribution is -2.14. The van der Waals surface area contributed by atoms with E-state index in [0.29, 0.717) is 18.7 Å². The number of aromatic nitrogens is 3. The van der Waals surface area contributed by atoms with Crippen LogP contribution in [0.15, 0.2) is 0 Å². The monoisotopic (exact) mass is 241 g/mol. The highest BCUT2D eigenvalue weighted by Crippen LogP contribution is 2.16. The van der Waals surface area contributed by atoms with Crippen LogP contribution in [0.5, 0.6) is 0 Å². The number of carbonyl (C=O) groups excluding carboxylic acids is 1. The third-order valence-electron chi connectivity index (χ3n) is 2.66. The van der Waals surface area contributed by atoms with Gasteiger partial charge < -0.3 is 9.47 Å². The molecule has 17 heavy (non-hydrogen) atoms. The third kappa shape index (κ3) is 3.03. The summed E-state index contributed by atoms with van der Waals surface area (Å²) in [5.41, 5.74) is 1.11. The van der Waals surface area contributed by atoms with E-state index in [1.165, 1.54) is 7.11 Å². The van der Waals surface area contributed by atoms with Crippen molar-refractivity contribution < 1.29 is 14.3 Å². The van der Waals surface area contributed by atoms with E-state index in [9.17, 15) is 4.79 Å². The molecule has 1 unspecified atom stereocenters. The van der Waals surface area contributed by atoms with Crippen LogP contribution in [-0.2, 0) is 15.9 Å². The molecule has 0 saturated heterocycles. The van der Waals surface area contributed by atoms with Gasteiger partial charge in [0.25, 0.3) is 0 Å². The second kappa shape index (κ2) is 6.34. The topological polar surface area (TPSA) is 66.2 Å². The van der Waals surface area contributed by atoms with Gasteiger partial charge in [-0.2, -0.15) is 0 Å². The number of ether oxygens (including phenoxy) is 2. The summed E-state index contributed by atoms with van der Waals surface area (Å²) in [6.45, 7) is 4.64. The molecule has 0 aromatic carbocycles. The summed E-state index contributed by atoms with van der Waals surface area (Å²) >= 11 is 0. The Balaban J connectivity index is 2.93. The van der Waals surface area contributed by atoms with Crippen molar-refractivity contribution >= 4 is 5.97 Å². The van der Waals surface area contributed by atoms with Crippen LogP contribution < -0.4 is 0 Å². The van der Waals surface area contributed by atoms with Crippen LogP contribution in [0, 0.1) is 0 Å². The SMILES string of the molecule is CCc1c(C(=O)OC)nnn1C(C)CCOC. The van der Waals surface area contributed by atoms with Gasteiger partial charge in [-0.15, -0.1) is 5.10 Å². The number of methoxy groups -OCH3 is 2. The maximum Gasteiger partial charge on any atom is 0.360 e. The first kappa shape index (κ1) is 13.6. The van der Waals surface area contributed by atoms with Gasteiger partial charge in [-0.1, -0.05) is 12.1 Å². The van der Waals surface area contributed by atoms with Crippen LogP contribution in [-0.4, -0.2) is 41.8 Å². The van der Waals surface area contributed by atoms with Gasteiger partial charge in [-0.3, -0.25) is 0 Å². The highest BCUT2D eigenvalue weighted by atomic mass is 16.5. The quantitative estimate of drug-likeness (QED) is 0.701. The molecule has 0 amide bonds. The molecule has 96 valence electrons. The van der Waals surface area contributed by atoms with Crippen LogP contribution in [0.3, 0.4) is 0 Å². The Kier molecular flexibility index (Phi) is 5.09. The van der Waals surface area contributed by atoms with E-state index < -0.39 is 5.97 Å². The zero-order valence-electron chi connectivity index (χ0n) is 10.8. The second-order valence-electron chi connectivity index (χ2n) is 3.80. The number of hydrogen-bond acceptors (Lipinski definition) is 5. The Morgan fingerprint density at radius 2 is 2.18 bits per heavy atom. The molecule has 0 aliphatic carbocycles. The van der Waals surface area contributed by atoms with Crippen LogP contribution in [0.25, 0.3) is 0 Å². The Bertz CT molecular complexity index is 376. The van der Waals surface area contributed by atoms with Gasteiger partial charge in [0.2, 0.25) is 0 Å². The summed E-state index contributed by atoms with van der Waals surface area (Å²) in [6.07, 6.45) is 1.52. The van der Waals surface area contributed by atoms with E-state index >= 15 is 0 Å². The number of rotatable bonds is 6. The Hall–Kier alpha value is -1.43. The van der Waals surface area contributed by atoms with Gasteiger partial charge in [0, 0.05) is 13.7 Å². The normalized spacial score (nSPS) is 12.5. The molecule has 1 heterocycles. The maximum atomic E-state index is 11.5. The molecular weight excluding hydrogens is 222 g/mol. The van der Waals surface area contributed by atoms with Gasteiger partial charge in [0.05, 0.1) is 18.8 Å². The summed E-state index contributed by atoms with van der Waals surface area (Å²) in [4.78, 5) is 11.5. The molecule has 0 aliphatic rings. The van der Waals surface area contributed by atoms with E-state index in [1.807, 2.05) is 13.8 Å². The Morgan fingerprint density at radius 1 is 1.47 bits per heavy atom. The molecule has 0 N–H and O–H groups in total. The molecular formula is C11H19N3O3. The molecule has 1 aromatic rings. The van der Waals surface area contributed by atoms with Gasteiger partial charge >= 0.3 is 5.97 Å². The fraction of sp³-hybridized carbons (Fsp3) is 0.727. The first-order valence-corrected chi connectivity index (χ1v) is 5.67. The fourth-order valence-corrected chi connectivity index (χ4v) is 1.66. The third-order valence-corrected chi connectivity index (χ3v) is 2.66. The molecule has 1 aromatic heterocycles. The molecule has 6 nitrogen and oxygen atoms in total. The predicted molar refractivity (Wildman–Crippen MR) is 61.9 cm³/mol. The van der Waals surface area contributed by atoms with Gasteiger partial charge in [-0.05, 0) is 19.8 Å². The zero-order valence-corrected chi connectivity index (χ0v) is 10.8. The van der Waals surface area contributed by atoms with Crippen molar-refractivity contribution in [1.82, 2.24) is 15.0 Å². The number of hydrogen-bond donors (Lipinski definition) is 0. The number of nitrogens with zero attached hydrogens (tertiary/aromatic N) is 3. The minimum Gasteiger partial charge on any atom is -0.464 e. The van der Waals surface area contributed by atoms with E-state index in [-0.39, 0.29) is 6.04 Å². The highest BCUT2D eigenvalue weighted by Gasteiger charge is 2.21. The van der Waals surface area contributed by atoms with E-state index in [0.717, 1.165) is 12.1 Å². The van der Waals surface area contributed by atoms with Crippen molar-refractivity contribution in [3.63, 3.8) is 0 Å². The van der Waals surface area contributed by atoms with E-state index in [2.05, 4.69) is 15.0 Å². The Labute approximate surface area is 101 Å². The van der Waals surface area contributed by atoms with Crippen molar-refractivity contribution in [3.05, 3.63) is 11.4 Å². The number of esters is 1. The average molecular weight is 241 g/mol. The molecule has 0 spiro atoms. The first-order valence-electron chi connectivity index (χ1n) is 5.67. The lowest BCUT2D eigenvalue weighted by Gasteiger charge is -2.13. The molecule has 1 atom stereocenters. The predicted octanol–water partition coefficient (Wildman–Crippen LogP) is 1.22. The van der Waals surface area contributed by atoms with Gasteiger partial charge in [0.1, 0.15) is 0 Å². The summed E-state index contributed by atoms with van der Waals surface area (Å²) in [7, 11) is 3.00. The molecule has 0 fully saturated rings. The van der Waals surface area contributed by atoms with Crippen LogP contribution in [0.1, 0.15) is 42.5 Å². The minimum absolute atomic E-state index is 0.149. The largest absolute Gasteiger partial charge is 0.464 e. The molecule has 0 saturated carbocycles. The van der Waals surface area contributed by atoms with Gasteiger partial charge in [-0.25, -0.2) is 9.48 Å². The van der Waals surface area contributed by atoms with Crippen molar-refractivity contribution in [2.75, 3.05) is 20.8 Å². The van der Waals surface area contributed by atoms with E-state index in [1.54, 1.807) is 11.8 Å². The summed E-state index contributed by atoms with van der Waals surface area (Å²) < 4.78 is 11.5. The smallest absolute Gasteiger partial charge is 0.360 e. The highest BCUT2D eigenvalue weighted by molar-refractivity contribution is 5.88. The zero-order chi connectivity index (χ0) is 12.8. The van der Waals surface area contributed by atoms with Crippen molar-refractivity contribution in [1.29, 1.82) is 0 Å². The molecule has 0 radical (unpaired) electrons. The summed E-state index contributed by atoms with van der Waals surface area (Å²) in [6, 6.07) is 0.149. The lowest BCUT2D eigenvalue weighted by atomic mass is 10.2. The summed E-state index contributed by atoms with van der Waals surface area (Å²) in [5, 5.41) is 7.90. The molecule has 0 bridgehead atoms. The fourth-order valence-electron chi connectivity index (χ4n) is 1.66. The Morgan fingerprint density at radius 3 is 2.71 bits per heavy atom. The summed E-state index contributed by atoms with van der Waals surface area (Å²) in [5.74, 6) is -0.438. The standard InChI is InChI=1S/C11H19N3O3/c1-5-9-10(11(15)17-4)12-13-14(9)8(2)6-7-16-3/h8H,5-7H2,1-4H3. The van der Waals surface area contributed by atoms with Crippen molar-refractivity contribution in [2.24, 2.45) is 0 Å². The van der Waals surface area contributed by atoms with Crippen LogP contribution >= 0.6 is 0 Å². The van der Waals surface area contributed by atoms with Gasteiger partial charge in [0.15, 0.2) is 5.69 Å². The first-order chi connectivity index (χ1) is 8.15. The second-order valence-corrected chi connectivity index (χ2v) is 3.80. The average Bonchev–Trinajstić information content (AvgIpc) is 2.78. The number of carbonyl (C=O) groups is 1. The van der Waals surface area contributed by atoms with E-state index in [4.69, 9.17) is 4.74 Å². The lowest BCUT2D eigenvalue weighted by molar-refractivity contribution is 0.0592. The van der Waals surface area contributed by atoms with Crippen LogP contribution in [0.4, 0.5) is 0 Å².